The summed E-state index contributed by atoms with van der Waals surface area (Å²) in [6, 6.07) is 0. The highest BCUT2D eigenvalue weighted by Gasteiger charge is 2.09. The molecule has 0 unspecified atom stereocenters. The Morgan fingerprint density at radius 2 is 0.480 bits per heavy atom. The predicted molar refractivity (Wildman–Crippen MR) is 181 cm³/mol. The van der Waals surface area contributed by atoms with Crippen molar-refractivity contribution in [1.29, 1.82) is 0 Å². The van der Waals surface area contributed by atoms with E-state index in [1.165, 1.54) is 0 Å². The zero-order valence-electron chi connectivity index (χ0n) is 31.0. The van der Waals surface area contributed by atoms with Crippen LogP contribution < -0.4 is 0 Å². The summed E-state index contributed by atoms with van der Waals surface area (Å²) < 4.78 is 80.7. The molecule has 302 valence electrons. The monoisotopic (exact) mass is 736 g/mol. The molecule has 0 N–H and O–H groups in total. The molecule has 0 amide bonds. The quantitative estimate of drug-likeness (QED) is 0.0492. The highest BCUT2D eigenvalue weighted by Crippen LogP contribution is 1.95. The molecular formula is C33H68O17. The van der Waals surface area contributed by atoms with Gasteiger partial charge < -0.3 is 71.1 Å². The van der Waals surface area contributed by atoms with Crippen LogP contribution in [0.5, 0.6) is 0 Å². The second-order valence-electron chi connectivity index (χ2n) is 10.00. The SMILES string of the molecule is CCOCCOCCOCCOCCOCCOCCOCCOCCOCCOCCOCCOCCOCCOOC(COC)COC. The molecule has 0 aromatic heterocycles. The maximum Gasteiger partial charge on any atom is 0.139 e. The van der Waals surface area contributed by atoms with Crippen LogP contribution in [0.2, 0.25) is 0 Å². The first-order valence-electron chi connectivity index (χ1n) is 17.6. The van der Waals surface area contributed by atoms with Crippen LogP contribution in [-0.2, 0) is 80.8 Å². The maximum absolute atomic E-state index is 5.49. The van der Waals surface area contributed by atoms with Crippen molar-refractivity contribution < 1.29 is 80.8 Å². The molecule has 0 spiro atoms. The normalized spacial score (nSPS) is 11.8. The van der Waals surface area contributed by atoms with Gasteiger partial charge in [-0.1, -0.05) is 0 Å². The molecule has 0 aromatic rings. The number of rotatable bonds is 46. The summed E-state index contributed by atoms with van der Waals surface area (Å²) in [4.78, 5) is 10.3. The number of hydrogen-bond donors (Lipinski definition) is 0. The highest BCUT2D eigenvalue weighted by atomic mass is 17.2. The molecule has 0 atom stereocenters. The van der Waals surface area contributed by atoms with Crippen molar-refractivity contribution in [2.45, 2.75) is 13.0 Å². The molecule has 17 heteroatoms. The Bertz CT molecular complexity index is 590. The third-order valence-corrected chi connectivity index (χ3v) is 5.89. The van der Waals surface area contributed by atoms with E-state index in [1.54, 1.807) is 14.2 Å². The van der Waals surface area contributed by atoms with Gasteiger partial charge in [-0.25, -0.2) is 9.78 Å². The molecule has 0 aliphatic rings. The van der Waals surface area contributed by atoms with Crippen LogP contribution in [0, 0.1) is 0 Å². The second-order valence-corrected chi connectivity index (χ2v) is 10.00. The van der Waals surface area contributed by atoms with Gasteiger partial charge in [0.1, 0.15) is 12.7 Å². The third kappa shape index (κ3) is 43.5. The van der Waals surface area contributed by atoms with Crippen LogP contribution >= 0.6 is 0 Å². The lowest BCUT2D eigenvalue weighted by Gasteiger charge is -2.14. The van der Waals surface area contributed by atoms with Crippen molar-refractivity contribution in [3.63, 3.8) is 0 Å². The molecule has 0 saturated carbocycles. The van der Waals surface area contributed by atoms with E-state index in [0.29, 0.717) is 192 Å². The topological polar surface area (TPSA) is 157 Å². The molecule has 0 aliphatic heterocycles. The molecule has 0 radical (unpaired) electrons. The summed E-state index contributed by atoms with van der Waals surface area (Å²) in [5.41, 5.74) is 0. The average Bonchev–Trinajstić information content (AvgIpc) is 3.12. The summed E-state index contributed by atoms with van der Waals surface area (Å²) in [5.74, 6) is 0. The molecule has 0 bridgehead atoms. The van der Waals surface area contributed by atoms with Gasteiger partial charge in [-0.15, -0.1) is 0 Å². The summed E-state index contributed by atoms with van der Waals surface area (Å²) >= 11 is 0. The van der Waals surface area contributed by atoms with Gasteiger partial charge in [0.05, 0.1) is 178 Å². The van der Waals surface area contributed by atoms with Gasteiger partial charge in [-0.05, 0) is 6.92 Å². The number of ether oxygens (including phenoxy) is 15. The van der Waals surface area contributed by atoms with Crippen LogP contribution in [0.4, 0.5) is 0 Å². The first-order chi connectivity index (χ1) is 24.8. The molecule has 0 saturated heterocycles. The highest BCUT2D eigenvalue weighted by molar-refractivity contribution is 4.51. The minimum absolute atomic E-state index is 0.269. The largest absolute Gasteiger partial charge is 0.382 e. The van der Waals surface area contributed by atoms with Gasteiger partial charge in [0.25, 0.3) is 0 Å². The fourth-order valence-corrected chi connectivity index (χ4v) is 3.50. The fourth-order valence-electron chi connectivity index (χ4n) is 3.50. The minimum atomic E-state index is -0.269. The van der Waals surface area contributed by atoms with Gasteiger partial charge in [-0.2, -0.15) is 0 Å². The van der Waals surface area contributed by atoms with E-state index in [1.807, 2.05) is 6.92 Å². The zero-order chi connectivity index (χ0) is 36.1. The van der Waals surface area contributed by atoms with Gasteiger partial charge >= 0.3 is 0 Å². The van der Waals surface area contributed by atoms with Gasteiger partial charge in [0.15, 0.2) is 0 Å². The Labute approximate surface area is 299 Å². The van der Waals surface area contributed by atoms with Crippen LogP contribution in [0.3, 0.4) is 0 Å². The summed E-state index contributed by atoms with van der Waals surface area (Å²) in [7, 11) is 3.18. The van der Waals surface area contributed by atoms with Crippen molar-refractivity contribution in [1.82, 2.24) is 0 Å². The summed E-state index contributed by atoms with van der Waals surface area (Å²) in [6.45, 7) is 16.5. The van der Waals surface area contributed by atoms with E-state index >= 15 is 0 Å². The molecule has 0 aromatic carbocycles. The Hall–Kier alpha value is -0.680. The van der Waals surface area contributed by atoms with Crippen molar-refractivity contribution in [2.24, 2.45) is 0 Å². The Morgan fingerprint density at radius 1 is 0.280 bits per heavy atom. The Kier molecular flexibility index (Phi) is 45.7. The van der Waals surface area contributed by atoms with E-state index < -0.39 is 0 Å². The second kappa shape index (κ2) is 46.3. The lowest BCUT2D eigenvalue weighted by Crippen LogP contribution is -2.25. The van der Waals surface area contributed by atoms with E-state index in [0.717, 1.165) is 0 Å². The van der Waals surface area contributed by atoms with E-state index in [9.17, 15) is 0 Å². The average molecular weight is 737 g/mol. The molecule has 0 rings (SSSR count). The van der Waals surface area contributed by atoms with Gasteiger partial charge in [-0.3, -0.25) is 0 Å². The standard InChI is InChI=1S/C33H68O17/c1-4-36-5-6-37-7-8-38-9-10-39-11-12-40-13-14-41-15-16-42-17-18-43-19-20-44-21-22-45-23-24-46-25-26-47-27-28-48-29-30-49-50-33(31-34-2)32-35-3/h33H,4-32H2,1-3H3. The Morgan fingerprint density at radius 3 is 0.680 bits per heavy atom. The summed E-state index contributed by atoms with van der Waals surface area (Å²) in [6.07, 6.45) is -0.269. The molecule has 17 nitrogen and oxygen atoms in total. The first kappa shape index (κ1) is 49.3. The third-order valence-electron chi connectivity index (χ3n) is 5.89. The molecule has 0 heterocycles. The lowest BCUT2D eigenvalue weighted by molar-refractivity contribution is -0.338. The maximum atomic E-state index is 5.49. The van der Waals surface area contributed by atoms with Crippen molar-refractivity contribution in [2.75, 3.05) is 206 Å². The van der Waals surface area contributed by atoms with Crippen LogP contribution in [-0.4, -0.2) is 212 Å². The minimum Gasteiger partial charge on any atom is -0.382 e. The van der Waals surface area contributed by atoms with Gasteiger partial charge in [0.2, 0.25) is 0 Å². The van der Waals surface area contributed by atoms with Crippen molar-refractivity contribution in [3.8, 4) is 0 Å². The number of hydrogen-bond acceptors (Lipinski definition) is 17. The van der Waals surface area contributed by atoms with Crippen LogP contribution in [0.15, 0.2) is 0 Å². The lowest BCUT2D eigenvalue weighted by atomic mass is 10.4. The van der Waals surface area contributed by atoms with Crippen molar-refractivity contribution in [3.05, 3.63) is 0 Å². The van der Waals surface area contributed by atoms with Crippen LogP contribution in [0.25, 0.3) is 0 Å². The van der Waals surface area contributed by atoms with Crippen molar-refractivity contribution >= 4 is 0 Å². The van der Waals surface area contributed by atoms with E-state index in [4.69, 9.17) is 80.8 Å². The molecule has 0 aliphatic carbocycles. The molecule has 50 heavy (non-hydrogen) atoms. The smallest absolute Gasteiger partial charge is 0.139 e. The molecular weight excluding hydrogens is 668 g/mol. The first-order valence-corrected chi connectivity index (χ1v) is 17.6. The Balaban J connectivity index is 3.09. The van der Waals surface area contributed by atoms with Crippen LogP contribution in [0.1, 0.15) is 6.92 Å². The number of methoxy groups -OCH3 is 2. The fraction of sp³-hybridized carbons (Fsp3) is 1.00. The van der Waals surface area contributed by atoms with Gasteiger partial charge in [0, 0.05) is 20.8 Å². The predicted octanol–water partition coefficient (Wildman–Crippen LogP) is 0.832. The zero-order valence-corrected chi connectivity index (χ0v) is 31.0. The summed E-state index contributed by atoms with van der Waals surface area (Å²) in [5, 5.41) is 0. The van der Waals surface area contributed by atoms with E-state index in [2.05, 4.69) is 0 Å². The van der Waals surface area contributed by atoms with E-state index in [-0.39, 0.29) is 6.10 Å². The molecule has 0 fully saturated rings.